The molecule has 2 rings (SSSR count). The molecule has 0 aromatic heterocycles. The number of amides is 1. The van der Waals surface area contributed by atoms with Crippen molar-refractivity contribution in [1.82, 2.24) is 5.32 Å². The normalized spacial score (nSPS) is 12.1. The highest BCUT2D eigenvalue weighted by molar-refractivity contribution is 7.92. The highest BCUT2D eigenvalue weighted by atomic mass is 32.2. The number of ether oxygens (including phenoxy) is 2. The molecule has 0 saturated heterocycles. The van der Waals surface area contributed by atoms with Gasteiger partial charge in [0.2, 0.25) is 15.9 Å². The molecule has 0 heterocycles. The van der Waals surface area contributed by atoms with Gasteiger partial charge in [-0.25, -0.2) is 8.42 Å². The Morgan fingerprint density at radius 1 is 1.00 bits per heavy atom. The number of benzene rings is 2. The lowest BCUT2D eigenvalue weighted by Gasteiger charge is -2.28. The van der Waals surface area contributed by atoms with E-state index in [1.165, 1.54) is 5.56 Å². The SMILES string of the molecule is CCOc1ccc(N([C@H](C)C(=O)NCCOc2ccc(CC)cc2)S(C)(=O)=O)cc1. The molecule has 0 aliphatic rings. The molecule has 8 heteroatoms. The predicted molar refractivity (Wildman–Crippen MR) is 119 cm³/mol. The van der Waals surface area contributed by atoms with Crippen LogP contribution in [0.3, 0.4) is 0 Å². The van der Waals surface area contributed by atoms with Gasteiger partial charge in [0.25, 0.3) is 0 Å². The summed E-state index contributed by atoms with van der Waals surface area (Å²) in [6.45, 7) is 6.56. The largest absolute Gasteiger partial charge is 0.494 e. The van der Waals surface area contributed by atoms with Crippen LogP contribution in [0, 0.1) is 0 Å². The van der Waals surface area contributed by atoms with Gasteiger partial charge in [-0.2, -0.15) is 0 Å². The second-order valence-electron chi connectivity index (χ2n) is 6.80. The molecule has 0 aliphatic carbocycles. The fraction of sp³-hybridized carbons (Fsp3) is 0.409. The average molecular weight is 435 g/mol. The number of hydrogen-bond acceptors (Lipinski definition) is 5. The highest BCUT2D eigenvalue weighted by Gasteiger charge is 2.28. The number of nitrogens with zero attached hydrogens (tertiary/aromatic N) is 1. The van der Waals surface area contributed by atoms with Crippen molar-refractivity contribution >= 4 is 21.6 Å². The van der Waals surface area contributed by atoms with Crippen LogP contribution >= 0.6 is 0 Å². The van der Waals surface area contributed by atoms with Crippen molar-refractivity contribution in [3.05, 3.63) is 54.1 Å². The lowest BCUT2D eigenvalue weighted by Crippen LogP contribution is -2.48. The van der Waals surface area contributed by atoms with Crippen molar-refractivity contribution in [2.45, 2.75) is 33.2 Å². The Labute approximate surface area is 179 Å². The molecule has 0 saturated carbocycles. The first-order valence-electron chi connectivity index (χ1n) is 9.98. The van der Waals surface area contributed by atoms with Gasteiger partial charge in [0.1, 0.15) is 24.1 Å². The molecule has 164 valence electrons. The Morgan fingerprint density at radius 2 is 1.57 bits per heavy atom. The van der Waals surface area contributed by atoms with Crippen molar-refractivity contribution < 1.29 is 22.7 Å². The number of nitrogens with one attached hydrogen (secondary N) is 1. The average Bonchev–Trinajstić information content (AvgIpc) is 2.72. The zero-order chi connectivity index (χ0) is 22.1. The first kappa shape index (κ1) is 23.5. The van der Waals surface area contributed by atoms with Crippen molar-refractivity contribution in [3.63, 3.8) is 0 Å². The van der Waals surface area contributed by atoms with Crippen molar-refractivity contribution in [2.24, 2.45) is 0 Å². The fourth-order valence-corrected chi connectivity index (χ4v) is 4.15. The third-order valence-corrected chi connectivity index (χ3v) is 5.73. The maximum absolute atomic E-state index is 12.6. The van der Waals surface area contributed by atoms with E-state index in [4.69, 9.17) is 9.47 Å². The summed E-state index contributed by atoms with van der Waals surface area (Å²) in [5.41, 5.74) is 1.62. The van der Waals surface area contributed by atoms with Gasteiger partial charge in [0.05, 0.1) is 25.1 Å². The van der Waals surface area contributed by atoms with E-state index in [2.05, 4.69) is 12.2 Å². The zero-order valence-electron chi connectivity index (χ0n) is 17.9. The maximum Gasteiger partial charge on any atom is 0.243 e. The van der Waals surface area contributed by atoms with Gasteiger partial charge in [-0.3, -0.25) is 9.10 Å². The molecule has 0 radical (unpaired) electrons. The summed E-state index contributed by atoms with van der Waals surface area (Å²) >= 11 is 0. The Morgan fingerprint density at radius 3 is 2.10 bits per heavy atom. The van der Waals surface area contributed by atoms with E-state index in [0.29, 0.717) is 18.0 Å². The van der Waals surface area contributed by atoms with Gasteiger partial charge in [0.15, 0.2) is 0 Å². The molecule has 0 bridgehead atoms. The second kappa shape index (κ2) is 10.9. The van der Waals surface area contributed by atoms with Gasteiger partial charge in [-0.15, -0.1) is 0 Å². The standard InChI is InChI=1S/C22H30N2O5S/c1-5-18-7-11-21(12-8-18)29-16-15-23-22(25)17(3)24(30(4,26)27)19-9-13-20(14-10-19)28-6-2/h7-14,17H,5-6,15-16H2,1-4H3,(H,23,25)/t17-/m1/s1. The summed E-state index contributed by atoms with van der Waals surface area (Å²) in [6, 6.07) is 13.5. The van der Waals surface area contributed by atoms with Crippen molar-refractivity contribution in [1.29, 1.82) is 0 Å². The summed E-state index contributed by atoms with van der Waals surface area (Å²) in [5, 5.41) is 2.73. The summed E-state index contributed by atoms with van der Waals surface area (Å²) < 4.78 is 36.8. The molecule has 2 aromatic carbocycles. The first-order valence-corrected chi connectivity index (χ1v) is 11.8. The number of carbonyl (C=O) groups excluding carboxylic acids is 1. The van der Waals surface area contributed by atoms with Gasteiger partial charge in [0, 0.05) is 0 Å². The minimum absolute atomic E-state index is 0.263. The number of carbonyl (C=O) groups is 1. The molecule has 2 aromatic rings. The first-order chi connectivity index (χ1) is 14.3. The van der Waals surface area contributed by atoms with Crippen molar-refractivity contribution in [2.75, 3.05) is 30.3 Å². The summed E-state index contributed by atoms with van der Waals surface area (Å²) in [4.78, 5) is 12.6. The van der Waals surface area contributed by atoms with Crippen LogP contribution in [0.15, 0.2) is 48.5 Å². The quantitative estimate of drug-likeness (QED) is 0.550. The molecule has 1 N–H and O–H groups in total. The Hall–Kier alpha value is -2.74. The van der Waals surface area contributed by atoms with Crippen LogP contribution in [-0.2, 0) is 21.2 Å². The molecule has 0 fully saturated rings. The van der Waals surface area contributed by atoms with E-state index in [0.717, 1.165) is 22.7 Å². The molecule has 1 atom stereocenters. The van der Waals surface area contributed by atoms with Crippen LogP contribution in [0.5, 0.6) is 11.5 Å². The maximum atomic E-state index is 12.6. The van der Waals surface area contributed by atoms with Crippen LogP contribution in [0.2, 0.25) is 0 Å². The lowest BCUT2D eigenvalue weighted by atomic mass is 10.2. The number of anilines is 1. The molecular weight excluding hydrogens is 404 g/mol. The highest BCUT2D eigenvalue weighted by Crippen LogP contribution is 2.24. The van der Waals surface area contributed by atoms with Gasteiger partial charge >= 0.3 is 0 Å². The molecule has 0 spiro atoms. The number of aryl methyl sites for hydroxylation is 1. The molecule has 1 amide bonds. The monoisotopic (exact) mass is 434 g/mol. The molecule has 0 unspecified atom stereocenters. The number of sulfonamides is 1. The second-order valence-corrected chi connectivity index (χ2v) is 8.66. The Kier molecular flexibility index (Phi) is 8.53. The molecular formula is C22H30N2O5S. The van der Waals surface area contributed by atoms with Gasteiger partial charge in [-0.1, -0.05) is 19.1 Å². The Bertz CT molecular complexity index is 912. The Balaban J connectivity index is 1.96. The van der Waals surface area contributed by atoms with Crippen LogP contribution in [0.1, 0.15) is 26.3 Å². The zero-order valence-corrected chi connectivity index (χ0v) is 18.7. The van der Waals surface area contributed by atoms with Gasteiger partial charge < -0.3 is 14.8 Å². The fourth-order valence-electron chi connectivity index (χ4n) is 2.98. The van der Waals surface area contributed by atoms with E-state index in [1.54, 1.807) is 31.2 Å². The van der Waals surface area contributed by atoms with Crippen LogP contribution in [0.25, 0.3) is 0 Å². The van der Waals surface area contributed by atoms with Crippen LogP contribution in [-0.4, -0.2) is 46.4 Å². The molecule has 7 nitrogen and oxygen atoms in total. The van der Waals surface area contributed by atoms with Gasteiger partial charge in [-0.05, 0) is 62.2 Å². The minimum atomic E-state index is -3.67. The number of rotatable bonds is 11. The summed E-state index contributed by atoms with van der Waals surface area (Å²) in [6.07, 6.45) is 2.04. The number of hydrogen-bond donors (Lipinski definition) is 1. The van der Waals surface area contributed by atoms with Crippen LogP contribution < -0.4 is 19.1 Å². The minimum Gasteiger partial charge on any atom is -0.494 e. The smallest absolute Gasteiger partial charge is 0.243 e. The molecule has 30 heavy (non-hydrogen) atoms. The lowest BCUT2D eigenvalue weighted by molar-refractivity contribution is -0.121. The van der Waals surface area contributed by atoms with E-state index in [1.807, 2.05) is 31.2 Å². The topological polar surface area (TPSA) is 84.9 Å². The third kappa shape index (κ3) is 6.66. The van der Waals surface area contributed by atoms with Crippen LogP contribution in [0.4, 0.5) is 5.69 Å². The predicted octanol–water partition coefficient (Wildman–Crippen LogP) is 3.00. The molecule has 0 aliphatic heterocycles. The van der Waals surface area contributed by atoms with Crippen molar-refractivity contribution in [3.8, 4) is 11.5 Å². The van der Waals surface area contributed by atoms with E-state index in [9.17, 15) is 13.2 Å². The van der Waals surface area contributed by atoms with E-state index >= 15 is 0 Å². The van der Waals surface area contributed by atoms with E-state index in [-0.39, 0.29) is 13.2 Å². The third-order valence-electron chi connectivity index (χ3n) is 4.49. The summed E-state index contributed by atoms with van der Waals surface area (Å²) in [7, 11) is -3.67. The van der Waals surface area contributed by atoms with E-state index < -0.39 is 22.0 Å². The summed E-state index contributed by atoms with van der Waals surface area (Å²) in [5.74, 6) is 0.955.